The number of aryl methyl sites for hydroxylation is 2. The molecule has 3 rings (SSSR count). The van der Waals surface area contributed by atoms with Crippen molar-refractivity contribution in [3.8, 4) is 0 Å². The maximum atomic E-state index is 12.3. The van der Waals surface area contributed by atoms with Gasteiger partial charge in [0.2, 0.25) is 5.13 Å². The number of H-pyrrole nitrogens is 1. The lowest BCUT2D eigenvalue weighted by atomic mass is 10.2. The molecule has 0 unspecified atom stereocenters. The minimum absolute atomic E-state index is 0.00256. The molecule has 0 radical (unpaired) electrons. The first kappa shape index (κ1) is 16.4. The molecule has 0 aliphatic rings. The van der Waals surface area contributed by atoms with E-state index in [1.54, 1.807) is 23.1 Å². The Morgan fingerprint density at radius 2 is 2.09 bits per heavy atom. The van der Waals surface area contributed by atoms with Crippen molar-refractivity contribution in [2.75, 3.05) is 11.9 Å². The summed E-state index contributed by atoms with van der Waals surface area (Å²) in [6.07, 6.45) is 0. The molecule has 3 aromatic heterocycles. The number of thioether (sulfide) groups is 1. The summed E-state index contributed by atoms with van der Waals surface area (Å²) < 4.78 is 0.856. The van der Waals surface area contributed by atoms with Crippen LogP contribution in [0.2, 0.25) is 0 Å². The molecule has 2 N–H and O–H groups in total. The van der Waals surface area contributed by atoms with Crippen LogP contribution in [0.4, 0.5) is 5.13 Å². The summed E-state index contributed by atoms with van der Waals surface area (Å²) in [7, 11) is 0. The monoisotopic (exact) mass is 367 g/mol. The molecule has 23 heavy (non-hydrogen) atoms. The fourth-order valence-electron chi connectivity index (χ4n) is 2.15. The minimum Gasteiger partial charge on any atom is -0.360 e. The standard InChI is InChI=1S/C14H17N5OS3/c1-5-15-13-18-19-14(23-13)22-8(4)10-16-11(20)9-6(2)7(3)21-12(9)17-10/h8H,5H2,1-4H3,(H,15,18)(H,16,17,20)/t8-/m1/s1. The van der Waals surface area contributed by atoms with Gasteiger partial charge in [0.05, 0.1) is 10.6 Å². The van der Waals surface area contributed by atoms with Gasteiger partial charge in [-0.25, -0.2) is 4.98 Å². The molecular formula is C14H17N5OS3. The maximum Gasteiger partial charge on any atom is 0.259 e. The third-order valence-corrected chi connectivity index (χ3v) is 6.63. The number of rotatable bonds is 5. The Bertz CT molecular complexity index is 898. The Kier molecular flexibility index (Phi) is 4.69. The van der Waals surface area contributed by atoms with Crippen LogP contribution >= 0.6 is 34.4 Å². The van der Waals surface area contributed by atoms with Crippen molar-refractivity contribution in [2.24, 2.45) is 0 Å². The summed E-state index contributed by atoms with van der Waals surface area (Å²) in [5, 5.41) is 12.9. The van der Waals surface area contributed by atoms with Gasteiger partial charge in [0.1, 0.15) is 10.7 Å². The van der Waals surface area contributed by atoms with E-state index in [4.69, 9.17) is 0 Å². The lowest BCUT2D eigenvalue weighted by Crippen LogP contribution is -2.12. The summed E-state index contributed by atoms with van der Waals surface area (Å²) >= 11 is 4.62. The van der Waals surface area contributed by atoms with Gasteiger partial charge in [-0.15, -0.1) is 21.5 Å². The average molecular weight is 368 g/mol. The van der Waals surface area contributed by atoms with E-state index in [-0.39, 0.29) is 10.8 Å². The van der Waals surface area contributed by atoms with E-state index in [9.17, 15) is 4.79 Å². The van der Waals surface area contributed by atoms with Gasteiger partial charge >= 0.3 is 0 Å². The van der Waals surface area contributed by atoms with E-state index in [0.717, 1.165) is 31.3 Å². The number of hydrogen-bond donors (Lipinski definition) is 2. The van der Waals surface area contributed by atoms with Crippen molar-refractivity contribution < 1.29 is 0 Å². The number of aromatic nitrogens is 4. The first-order valence-corrected chi connectivity index (χ1v) is 9.74. The Balaban J connectivity index is 1.88. The highest BCUT2D eigenvalue weighted by Gasteiger charge is 2.17. The van der Waals surface area contributed by atoms with Crippen molar-refractivity contribution in [3.63, 3.8) is 0 Å². The van der Waals surface area contributed by atoms with Crippen molar-refractivity contribution >= 4 is 49.8 Å². The summed E-state index contributed by atoms with van der Waals surface area (Å²) in [6.45, 7) is 8.83. The van der Waals surface area contributed by atoms with Gasteiger partial charge in [-0.05, 0) is 33.3 Å². The van der Waals surface area contributed by atoms with Gasteiger partial charge in [0.15, 0.2) is 4.34 Å². The van der Waals surface area contributed by atoms with Crippen molar-refractivity contribution in [1.29, 1.82) is 0 Å². The highest BCUT2D eigenvalue weighted by atomic mass is 32.2. The number of aromatic amines is 1. The molecule has 3 aromatic rings. The van der Waals surface area contributed by atoms with E-state index < -0.39 is 0 Å². The highest BCUT2D eigenvalue weighted by Crippen LogP contribution is 2.36. The molecule has 0 saturated carbocycles. The topological polar surface area (TPSA) is 83.6 Å². The van der Waals surface area contributed by atoms with Crippen LogP contribution in [0, 0.1) is 13.8 Å². The van der Waals surface area contributed by atoms with Crippen LogP contribution < -0.4 is 10.9 Å². The lowest BCUT2D eigenvalue weighted by Gasteiger charge is -2.07. The molecule has 0 aliphatic carbocycles. The Morgan fingerprint density at radius 3 is 2.83 bits per heavy atom. The first-order valence-electron chi connectivity index (χ1n) is 7.23. The van der Waals surface area contributed by atoms with Gasteiger partial charge in [0, 0.05) is 11.4 Å². The number of hydrogen-bond acceptors (Lipinski definition) is 8. The molecule has 0 bridgehead atoms. The van der Waals surface area contributed by atoms with E-state index in [0.29, 0.717) is 11.2 Å². The predicted octanol–water partition coefficient (Wildman–Crippen LogP) is 3.74. The minimum atomic E-state index is -0.0649. The van der Waals surface area contributed by atoms with Crippen molar-refractivity contribution in [3.05, 3.63) is 26.6 Å². The third kappa shape index (κ3) is 3.26. The van der Waals surface area contributed by atoms with Gasteiger partial charge in [-0.2, -0.15) is 0 Å². The third-order valence-electron chi connectivity index (χ3n) is 3.45. The molecule has 6 nitrogen and oxygen atoms in total. The maximum absolute atomic E-state index is 12.3. The SMILES string of the molecule is CCNc1nnc(S[C@H](C)c2nc3sc(C)c(C)c3c(=O)[nH]2)s1. The number of thiophene rings is 1. The fraction of sp³-hybridized carbons (Fsp3) is 0.429. The van der Waals surface area contributed by atoms with E-state index in [2.05, 4.69) is 25.5 Å². The van der Waals surface area contributed by atoms with E-state index in [1.165, 1.54) is 11.3 Å². The number of fused-ring (bicyclic) bond motifs is 1. The molecule has 0 amide bonds. The normalized spacial score (nSPS) is 12.7. The van der Waals surface area contributed by atoms with Gasteiger partial charge in [-0.1, -0.05) is 23.1 Å². The molecule has 122 valence electrons. The lowest BCUT2D eigenvalue weighted by molar-refractivity contribution is 0.918. The van der Waals surface area contributed by atoms with Gasteiger partial charge < -0.3 is 10.3 Å². The highest BCUT2D eigenvalue weighted by molar-refractivity contribution is 8.01. The van der Waals surface area contributed by atoms with Crippen LogP contribution in [0.5, 0.6) is 0 Å². The van der Waals surface area contributed by atoms with Crippen LogP contribution in [-0.2, 0) is 0 Å². The van der Waals surface area contributed by atoms with Crippen molar-refractivity contribution in [1.82, 2.24) is 20.2 Å². The molecule has 0 spiro atoms. The van der Waals surface area contributed by atoms with E-state index in [1.807, 2.05) is 27.7 Å². The largest absolute Gasteiger partial charge is 0.360 e. The second kappa shape index (κ2) is 6.58. The second-order valence-corrected chi connectivity index (χ2v) is 8.85. The van der Waals surface area contributed by atoms with Crippen LogP contribution in [0.1, 0.15) is 35.4 Å². The molecule has 0 saturated heterocycles. The fourth-order valence-corrected chi connectivity index (χ4v) is 5.21. The zero-order valence-electron chi connectivity index (χ0n) is 13.3. The Hall–Kier alpha value is -1.45. The molecule has 3 heterocycles. The predicted molar refractivity (Wildman–Crippen MR) is 98.1 cm³/mol. The molecular weight excluding hydrogens is 350 g/mol. The van der Waals surface area contributed by atoms with Crippen LogP contribution in [0.15, 0.2) is 9.13 Å². The molecule has 0 fully saturated rings. The average Bonchev–Trinajstić information content (AvgIpc) is 3.05. The molecule has 1 atom stereocenters. The molecule has 0 aliphatic heterocycles. The summed E-state index contributed by atoms with van der Waals surface area (Å²) in [5.74, 6) is 0.675. The van der Waals surface area contributed by atoms with Gasteiger partial charge in [-0.3, -0.25) is 4.79 Å². The summed E-state index contributed by atoms with van der Waals surface area (Å²) in [4.78, 5) is 21.8. The van der Waals surface area contributed by atoms with Crippen LogP contribution in [-0.4, -0.2) is 26.7 Å². The Labute approximate surface area is 145 Å². The number of anilines is 1. The Morgan fingerprint density at radius 1 is 1.30 bits per heavy atom. The number of nitrogens with zero attached hydrogens (tertiary/aromatic N) is 3. The molecule has 9 heteroatoms. The quantitative estimate of drug-likeness (QED) is 0.669. The zero-order valence-corrected chi connectivity index (χ0v) is 15.7. The summed E-state index contributed by atoms with van der Waals surface area (Å²) in [5.41, 5.74) is 0.954. The van der Waals surface area contributed by atoms with Crippen molar-refractivity contribution in [2.45, 2.75) is 37.3 Å². The number of nitrogens with one attached hydrogen (secondary N) is 2. The van der Waals surface area contributed by atoms with Gasteiger partial charge in [0.25, 0.3) is 5.56 Å². The van der Waals surface area contributed by atoms with Crippen LogP contribution in [0.25, 0.3) is 10.2 Å². The van der Waals surface area contributed by atoms with E-state index >= 15 is 0 Å². The second-order valence-electron chi connectivity index (χ2n) is 5.08. The summed E-state index contributed by atoms with van der Waals surface area (Å²) in [6, 6.07) is 0. The zero-order chi connectivity index (χ0) is 16.6. The molecule has 0 aromatic carbocycles. The van der Waals surface area contributed by atoms with Crippen LogP contribution in [0.3, 0.4) is 0 Å². The smallest absolute Gasteiger partial charge is 0.259 e. The first-order chi connectivity index (χ1) is 11.0.